The van der Waals surface area contributed by atoms with Gasteiger partial charge in [0, 0.05) is 29.4 Å². The summed E-state index contributed by atoms with van der Waals surface area (Å²) in [6.45, 7) is 1.33. The molecule has 0 spiro atoms. The van der Waals surface area contributed by atoms with Crippen molar-refractivity contribution >= 4 is 23.4 Å². The van der Waals surface area contributed by atoms with Crippen molar-refractivity contribution in [1.29, 1.82) is 0 Å². The first-order valence-corrected chi connectivity index (χ1v) is 6.43. The lowest BCUT2D eigenvalue weighted by Gasteiger charge is -2.05. The van der Waals surface area contributed by atoms with Crippen LogP contribution < -0.4 is 5.32 Å². The lowest BCUT2D eigenvalue weighted by atomic mass is 10.2. The van der Waals surface area contributed by atoms with E-state index in [1.807, 2.05) is 0 Å². The number of terminal acetylenes is 1. The fourth-order valence-electron chi connectivity index (χ4n) is 1.16. The molecule has 0 saturated carbocycles. The Balaban J connectivity index is 2.25. The first-order valence-electron chi connectivity index (χ1n) is 4.90. The van der Waals surface area contributed by atoms with Crippen molar-refractivity contribution in [3.8, 4) is 12.3 Å². The van der Waals surface area contributed by atoms with Gasteiger partial charge in [-0.05, 0) is 12.1 Å². The first-order chi connectivity index (χ1) is 7.74. The van der Waals surface area contributed by atoms with E-state index in [-0.39, 0.29) is 5.82 Å². The fraction of sp³-hybridized carbons (Fsp3) is 0.333. The molecule has 0 atom stereocenters. The number of nitrogens with one attached hydrogen (secondary N) is 1. The zero-order chi connectivity index (χ0) is 11.8. The van der Waals surface area contributed by atoms with Crippen molar-refractivity contribution in [1.82, 2.24) is 5.32 Å². The maximum atomic E-state index is 13.3. The zero-order valence-electron chi connectivity index (χ0n) is 8.80. The minimum atomic E-state index is -0.267. The molecule has 0 unspecified atom stereocenters. The van der Waals surface area contributed by atoms with Crippen LogP contribution in [0.1, 0.15) is 5.56 Å². The van der Waals surface area contributed by atoms with Crippen molar-refractivity contribution in [3.63, 3.8) is 0 Å². The molecule has 1 aromatic rings. The van der Waals surface area contributed by atoms with Crippen LogP contribution in [-0.4, -0.2) is 18.1 Å². The van der Waals surface area contributed by atoms with E-state index in [1.54, 1.807) is 23.9 Å². The number of hydrogen-bond acceptors (Lipinski definition) is 2. The summed E-state index contributed by atoms with van der Waals surface area (Å²) in [4.78, 5) is 0. The zero-order valence-corrected chi connectivity index (χ0v) is 10.4. The van der Waals surface area contributed by atoms with E-state index in [9.17, 15) is 4.39 Å². The van der Waals surface area contributed by atoms with E-state index in [0.29, 0.717) is 17.1 Å². The maximum Gasteiger partial charge on any atom is 0.129 e. The highest BCUT2D eigenvalue weighted by atomic mass is 35.5. The summed E-state index contributed by atoms with van der Waals surface area (Å²) in [6.07, 6.45) is 5.11. The maximum absolute atomic E-state index is 13.3. The van der Waals surface area contributed by atoms with Gasteiger partial charge in [0.2, 0.25) is 0 Å². The molecular weight excluding hydrogens is 245 g/mol. The van der Waals surface area contributed by atoms with Gasteiger partial charge in [0.05, 0.1) is 5.75 Å². The van der Waals surface area contributed by atoms with E-state index in [0.717, 1.165) is 18.1 Å². The molecule has 4 heteroatoms. The van der Waals surface area contributed by atoms with Gasteiger partial charge in [0.1, 0.15) is 5.82 Å². The Morgan fingerprint density at radius 3 is 3.00 bits per heavy atom. The monoisotopic (exact) mass is 257 g/mol. The average molecular weight is 258 g/mol. The second kappa shape index (κ2) is 7.56. The van der Waals surface area contributed by atoms with E-state index in [4.69, 9.17) is 18.0 Å². The second-order valence-electron chi connectivity index (χ2n) is 3.17. The Hall–Kier alpha value is -0.690. The molecule has 86 valence electrons. The van der Waals surface area contributed by atoms with Crippen LogP contribution in [0, 0.1) is 18.2 Å². The van der Waals surface area contributed by atoms with Gasteiger partial charge in [-0.25, -0.2) is 4.39 Å². The Morgan fingerprint density at radius 2 is 2.31 bits per heavy atom. The SMILES string of the molecule is C#CCSCCNCc1ccc(Cl)cc1F. The number of benzene rings is 1. The number of thioether (sulfide) groups is 1. The van der Waals surface area contributed by atoms with Gasteiger partial charge in [-0.2, -0.15) is 0 Å². The highest BCUT2D eigenvalue weighted by Gasteiger charge is 2.01. The molecule has 0 fully saturated rings. The van der Waals surface area contributed by atoms with Crippen LogP contribution in [0.2, 0.25) is 5.02 Å². The molecule has 0 aliphatic heterocycles. The summed E-state index contributed by atoms with van der Waals surface area (Å²) in [5, 5.41) is 3.57. The Morgan fingerprint density at radius 1 is 1.50 bits per heavy atom. The number of halogens is 2. The lowest BCUT2D eigenvalue weighted by molar-refractivity contribution is 0.594. The molecule has 1 aromatic carbocycles. The lowest BCUT2D eigenvalue weighted by Crippen LogP contribution is -2.17. The van der Waals surface area contributed by atoms with Crippen LogP contribution in [0.25, 0.3) is 0 Å². The van der Waals surface area contributed by atoms with Crippen molar-refractivity contribution in [3.05, 3.63) is 34.6 Å². The Bertz CT molecular complexity index is 376. The first kappa shape index (κ1) is 13.4. The summed E-state index contributed by atoms with van der Waals surface area (Å²) in [5.74, 6) is 3.93. The molecule has 1 nitrogen and oxygen atoms in total. The topological polar surface area (TPSA) is 12.0 Å². The van der Waals surface area contributed by atoms with Gasteiger partial charge in [0.25, 0.3) is 0 Å². The molecule has 0 heterocycles. The van der Waals surface area contributed by atoms with Gasteiger partial charge >= 0.3 is 0 Å². The fourth-order valence-corrected chi connectivity index (χ4v) is 1.87. The van der Waals surface area contributed by atoms with E-state index in [2.05, 4.69) is 11.2 Å². The van der Waals surface area contributed by atoms with E-state index >= 15 is 0 Å². The summed E-state index contributed by atoms with van der Waals surface area (Å²) in [5.41, 5.74) is 0.631. The van der Waals surface area contributed by atoms with Crippen LogP contribution in [0.5, 0.6) is 0 Å². The smallest absolute Gasteiger partial charge is 0.129 e. The molecular formula is C12H13ClFNS. The predicted molar refractivity (Wildman–Crippen MR) is 69.3 cm³/mol. The van der Waals surface area contributed by atoms with Crippen molar-refractivity contribution in [2.24, 2.45) is 0 Å². The minimum absolute atomic E-state index is 0.267. The van der Waals surface area contributed by atoms with E-state index < -0.39 is 0 Å². The van der Waals surface area contributed by atoms with Gasteiger partial charge < -0.3 is 5.32 Å². The minimum Gasteiger partial charge on any atom is -0.312 e. The quantitative estimate of drug-likeness (QED) is 0.621. The summed E-state index contributed by atoms with van der Waals surface area (Å²) in [6, 6.07) is 4.71. The molecule has 0 bridgehead atoms. The molecule has 0 aliphatic carbocycles. The second-order valence-corrected chi connectivity index (χ2v) is 4.71. The third kappa shape index (κ3) is 4.89. The van der Waals surface area contributed by atoms with Crippen LogP contribution in [0.4, 0.5) is 4.39 Å². The molecule has 0 amide bonds. The third-order valence-electron chi connectivity index (χ3n) is 1.94. The summed E-state index contributed by atoms with van der Waals surface area (Å²) in [7, 11) is 0. The Kier molecular flexibility index (Phi) is 6.32. The Labute approximate surface area is 105 Å². The molecule has 0 aliphatic rings. The van der Waals surface area contributed by atoms with Gasteiger partial charge in [0.15, 0.2) is 0 Å². The van der Waals surface area contributed by atoms with Crippen LogP contribution in [-0.2, 0) is 6.54 Å². The molecule has 0 aromatic heterocycles. The van der Waals surface area contributed by atoms with Crippen LogP contribution in [0.3, 0.4) is 0 Å². The van der Waals surface area contributed by atoms with Crippen molar-refractivity contribution < 1.29 is 4.39 Å². The van der Waals surface area contributed by atoms with Gasteiger partial charge in [-0.1, -0.05) is 23.6 Å². The largest absolute Gasteiger partial charge is 0.312 e. The molecule has 1 rings (SSSR count). The highest BCUT2D eigenvalue weighted by molar-refractivity contribution is 7.99. The third-order valence-corrected chi connectivity index (χ3v) is 3.04. The van der Waals surface area contributed by atoms with Gasteiger partial charge in [-0.3, -0.25) is 0 Å². The van der Waals surface area contributed by atoms with E-state index in [1.165, 1.54) is 6.07 Å². The molecule has 1 N–H and O–H groups in total. The molecule has 0 saturated heterocycles. The normalized spacial score (nSPS) is 10.1. The summed E-state index contributed by atoms with van der Waals surface area (Å²) >= 11 is 7.33. The highest BCUT2D eigenvalue weighted by Crippen LogP contribution is 2.14. The van der Waals surface area contributed by atoms with Gasteiger partial charge in [-0.15, -0.1) is 18.2 Å². The summed E-state index contributed by atoms with van der Waals surface area (Å²) < 4.78 is 13.3. The predicted octanol–water partition coefficient (Wildman–Crippen LogP) is 2.94. The van der Waals surface area contributed by atoms with Crippen LogP contribution >= 0.6 is 23.4 Å². The molecule has 0 radical (unpaired) electrons. The van der Waals surface area contributed by atoms with Crippen LogP contribution in [0.15, 0.2) is 18.2 Å². The standard InChI is InChI=1S/C12H13ClFNS/c1-2-6-16-7-5-15-9-10-3-4-11(13)8-12(10)14/h1,3-4,8,15H,5-7,9H2. The average Bonchev–Trinajstić information content (AvgIpc) is 2.26. The van der Waals surface area contributed by atoms with Crippen molar-refractivity contribution in [2.75, 3.05) is 18.1 Å². The molecule has 16 heavy (non-hydrogen) atoms. The number of rotatable bonds is 6. The van der Waals surface area contributed by atoms with Crippen molar-refractivity contribution in [2.45, 2.75) is 6.54 Å². The number of hydrogen-bond donors (Lipinski definition) is 1.